The van der Waals surface area contributed by atoms with Gasteiger partial charge in [-0.15, -0.1) is 0 Å². The van der Waals surface area contributed by atoms with Crippen molar-refractivity contribution < 1.29 is 9.59 Å². The van der Waals surface area contributed by atoms with Gasteiger partial charge < -0.3 is 10.6 Å². The Kier molecular flexibility index (Phi) is 7.08. The van der Waals surface area contributed by atoms with Crippen LogP contribution in [-0.2, 0) is 11.3 Å². The summed E-state index contributed by atoms with van der Waals surface area (Å²) in [6, 6.07) is 8.01. The van der Waals surface area contributed by atoms with Crippen molar-refractivity contribution in [2.45, 2.75) is 81.2 Å². The average Bonchev–Trinajstić information content (AvgIpc) is 3.01. The standard InChI is InChI=1S/C23H30BrN3O2S/c24-17-11-12-20-19(13-17)22(29)27(23(30)26-20)14-15-7-9-16(10-8-15)21(28)25-18-5-3-1-2-4-6-18/h7-10,17-20H,1-6,11-14H2,(H,25,28)(H,26,30). The van der Waals surface area contributed by atoms with Gasteiger partial charge in [0, 0.05) is 22.5 Å². The normalized spacial score (nSPS) is 27.8. The summed E-state index contributed by atoms with van der Waals surface area (Å²) in [6.45, 7) is 0.436. The summed E-state index contributed by atoms with van der Waals surface area (Å²) in [6.07, 6.45) is 9.94. The quantitative estimate of drug-likeness (QED) is 0.374. The molecule has 1 aromatic rings. The molecule has 2 aliphatic carbocycles. The number of nitrogens with one attached hydrogen (secondary N) is 2. The van der Waals surface area contributed by atoms with Crippen molar-refractivity contribution in [1.29, 1.82) is 0 Å². The number of nitrogens with zero attached hydrogens (tertiary/aromatic N) is 1. The van der Waals surface area contributed by atoms with Crippen LogP contribution in [0.15, 0.2) is 24.3 Å². The molecule has 2 N–H and O–H groups in total. The zero-order valence-corrected chi connectivity index (χ0v) is 19.6. The number of carbonyl (C=O) groups excluding carboxylic acids is 2. The van der Waals surface area contributed by atoms with E-state index in [1.54, 1.807) is 4.90 Å². The molecule has 7 heteroatoms. The average molecular weight is 492 g/mol. The van der Waals surface area contributed by atoms with E-state index in [0.717, 1.165) is 37.7 Å². The van der Waals surface area contributed by atoms with Crippen LogP contribution >= 0.6 is 28.1 Å². The fraction of sp³-hybridized carbons (Fsp3) is 0.609. The number of alkyl halides is 1. The molecule has 1 saturated heterocycles. The third-order valence-corrected chi connectivity index (χ3v) is 7.84. The molecule has 5 nitrogen and oxygen atoms in total. The summed E-state index contributed by atoms with van der Waals surface area (Å²) in [4.78, 5) is 27.7. The van der Waals surface area contributed by atoms with Crippen LogP contribution in [0.25, 0.3) is 0 Å². The van der Waals surface area contributed by atoms with Crippen molar-refractivity contribution in [3.63, 3.8) is 0 Å². The Hall–Kier alpha value is -1.47. The molecule has 2 saturated carbocycles. The van der Waals surface area contributed by atoms with Crippen molar-refractivity contribution in [1.82, 2.24) is 15.5 Å². The Balaban J connectivity index is 1.37. The minimum Gasteiger partial charge on any atom is -0.359 e. The first kappa shape index (κ1) is 21.8. The number of rotatable bonds is 4. The highest BCUT2D eigenvalue weighted by atomic mass is 79.9. The monoisotopic (exact) mass is 491 g/mol. The first-order valence-corrected chi connectivity index (χ1v) is 12.5. The van der Waals surface area contributed by atoms with E-state index in [-0.39, 0.29) is 29.8 Å². The molecule has 3 fully saturated rings. The number of thiocarbonyl (C=S) groups is 1. The smallest absolute Gasteiger partial charge is 0.251 e. The van der Waals surface area contributed by atoms with Crippen LogP contribution in [0.2, 0.25) is 0 Å². The molecule has 3 unspecified atom stereocenters. The summed E-state index contributed by atoms with van der Waals surface area (Å²) < 4.78 is 0. The third-order valence-electron chi connectivity index (χ3n) is 6.67. The lowest BCUT2D eigenvalue weighted by molar-refractivity contribution is -0.135. The predicted molar refractivity (Wildman–Crippen MR) is 126 cm³/mol. The largest absolute Gasteiger partial charge is 0.359 e. The number of hydrogen-bond acceptors (Lipinski definition) is 3. The van der Waals surface area contributed by atoms with Gasteiger partial charge in [0.05, 0.1) is 12.5 Å². The molecule has 2 amide bonds. The van der Waals surface area contributed by atoms with E-state index < -0.39 is 0 Å². The fourth-order valence-electron chi connectivity index (χ4n) is 4.89. The van der Waals surface area contributed by atoms with E-state index in [0.29, 0.717) is 22.0 Å². The number of hydrogen-bond donors (Lipinski definition) is 2. The van der Waals surface area contributed by atoms with Gasteiger partial charge in [0.15, 0.2) is 5.11 Å². The minimum atomic E-state index is -0.0283. The lowest BCUT2D eigenvalue weighted by Crippen LogP contribution is -2.61. The summed E-state index contributed by atoms with van der Waals surface area (Å²) in [5.74, 6) is 0.0793. The van der Waals surface area contributed by atoms with Gasteiger partial charge in [-0.1, -0.05) is 53.7 Å². The van der Waals surface area contributed by atoms with Gasteiger partial charge in [0.1, 0.15) is 0 Å². The Bertz CT molecular complexity index is 792. The van der Waals surface area contributed by atoms with Crippen molar-refractivity contribution >= 4 is 45.1 Å². The Labute approximate surface area is 192 Å². The van der Waals surface area contributed by atoms with Crippen LogP contribution in [0.4, 0.5) is 0 Å². The molecular weight excluding hydrogens is 462 g/mol. The molecule has 1 aliphatic heterocycles. The van der Waals surface area contributed by atoms with Crippen LogP contribution in [0, 0.1) is 5.92 Å². The van der Waals surface area contributed by atoms with Crippen molar-refractivity contribution in [2.75, 3.05) is 0 Å². The maximum atomic E-state index is 13.1. The zero-order chi connectivity index (χ0) is 21.1. The topological polar surface area (TPSA) is 61.4 Å². The highest BCUT2D eigenvalue weighted by Crippen LogP contribution is 2.33. The molecule has 3 atom stereocenters. The third kappa shape index (κ3) is 5.05. The van der Waals surface area contributed by atoms with Gasteiger partial charge >= 0.3 is 0 Å². The molecule has 162 valence electrons. The van der Waals surface area contributed by atoms with Crippen LogP contribution in [0.3, 0.4) is 0 Å². The summed E-state index contributed by atoms with van der Waals surface area (Å²) >= 11 is 9.16. The second-order valence-electron chi connectivity index (χ2n) is 8.86. The molecule has 4 rings (SSSR count). The van der Waals surface area contributed by atoms with Gasteiger partial charge in [-0.3, -0.25) is 14.5 Å². The van der Waals surface area contributed by atoms with Crippen LogP contribution < -0.4 is 10.6 Å². The lowest BCUT2D eigenvalue weighted by atomic mass is 9.82. The van der Waals surface area contributed by atoms with Gasteiger partial charge in [-0.25, -0.2) is 0 Å². The predicted octanol–water partition coefficient (Wildman–Crippen LogP) is 4.29. The molecular formula is C23H30BrN3O2S. The molecule has 0 aromatic heterocycles. The molecule has 3 aliphatic rings. The SMILES string of the molecule is O=C(NC1CCCCCC1)c1ccc(CN2C(=O)C3CC(Br)CCC3NC2=S)cc1. The summed E-state index contributed by atoms with van der Waals surface area (Å²) in [5.41, 5.74) is 1.64. The van der Waals surface area contributed by atoms with Gasteiger partial charge in [0.2, 0.25) is 5.91 Å². The van der Waals surface area contributed by atoms with Crippen molar-refractivity contribution in [3.8, 4) is 0 Å². The molecule has 0 bridgehead atoms. The Morgan fingerprint density at radius 3 is 2.50 bits per heavy atom. The Morgan fingerprint density at radius 2 is 1.80 bits per heavy atom. The molecule has 0 spiro atoms. The van der Waals surface area contributed by atoms with Crippen LogP contribution in [0.5, 0.6) is 0 Å². The number of benzene rings is 1. The highest BCUT2D eigenvalue weighted by Gasteiger charge is 2.42. The van der Waals surface area contributed by atoms with E-state index in [2.05, 4.69) is 26.6 Å². The number of carbonyl (C=O) groups is 2. The summed E-state index contributed by atoms with van der Waals surface area (Å²) in [7, 11) is 0. The first-order valence-electron chi connectivity index (χ1n) is 11.2. The first-order chi connectivity index (χ1) is 14.5. The second kappa shape index (κ2) is 9.77. The van der Waals surface area contributed by atoms with E-state index in [1.807, 2.05) is 24.3 Å². The van der Waals surface area contributed by atoms with E-state index in [4.69, 9.17) is 12.2 Å². The molecule has 1 heterocycles. The minimum absolute atomic E-state index is 0.00639. The van der Waals surface area contributed by atoms with E-state index in [9.17, 15) is 9.59 Å². The van der Waals surface area contributed by atoms with Crippen molar-refractivity contribution in [2.24, 2.45) is 5.92 Å². The van der Waals surface area contributed by atoms with Crippen molar-refractivity contribution in [3.05, 3.63) is 35.4 Å². The summed E-state index contributed by atoms with van der Waals surface area (Å²) in [5, 5.41) is 7.08. The highest BCUT2D eigenvalue weighted by molar-refractivity contribution is 9.09. The zero-order valence-electron chi connectivity index (χ0n) is 17.2. The fourth-order valence-corrected chi connectivity index (χ4v) is 5.86. The molecule has 30 heavy (non-hydrogen) atoms. The van der Waals surface area contributed by atoms with Crippen LogP contribution in [0.1, 0.15) is 73.7 Å². The van der Waals surface area contributed by atoms with Gasteiger partial charge in [-0.05, 0) is 62.0 Å². The number of fused-ring (bicyclic) bond motifs is 1. The van der Waals surface area contributed by atoms with E-state index in [1.165, 1.54) is 25.7 Å². The maximum absolute atomic E-state index is 13.1. The Morgan fingerprint density at radius 1 is 1.10 bits per heavy atom. The van der Waals surface area contributed by atoms with Crippen LogP contribution in [-0.4, -0.2) is 38.7 Å². The second-order valence-corrected chi connectivity index (χ2v) is 10.5. The lowest BCUT2D eigenvalue weighted by Gasteiger charge is -2.43. The molecule has 1 aromatic carbocycles. The van der Waals surface area contributed by atoms with E-state index >= 15 is 0 Å². The maximum Gasteiger partial charge on any atom is 0.251 e. The van der Waals surface area contributed by atoms with Gasteiger partial charge in [0.25, 0.3) is 5.91 Å². The molecule has 0 radical (unpaired) electrons. The van der Waals surface area contributed by atoms with Gasteiger partial charge in [-0.2, -0.15) is 0 Å². The number of amides is 2. The number of halogens is 1.